The van der Waals surface area contributed by atoms with E-state index in [-0.39, 0.29) is 6.04 Å². The largest absolute Gasteiger partial charge is 0.324 e. The summed E-state index contributed by atoms with van der Waals surface area (Å²) < 4.78 is 0. The van der Waals surface area contributed by atoms with Crippen molar-refractivity contribution >= 4 is 10.9 Å². The van der Waals surface area contributed by atoms with Gasteiger partial charge in [0.05, 0.1) is 5.52 Å². The summed E-state index contributed by atoms with van der Waals surface area (Å²) in [6.45, 7) is 0. The zero-order valence-corrected chi connectivity index (χ0v) is 10.5. The molecule has 0 saturated carbocycles. The second kappa shape index (κ2) is 5.16. The number of rotatable bonds is 3. The van der Waals surface area contributed by atoms with Crippen LogP contribution in [0.2, 0.25) is 0 Å². The topological polar surface area (TPSA) is 51.8 Å². The van der Waals surface area contributed by atoms with Gasteiger partial charge in [-0.3, -0.25) is 9.97 Å². The van der Waals surface area contributed by atoms with E-state index in [0.717, 1.165) is 28.6 Å². The van der Waals surface area contributed by atoms with Gasteiger partial charge in [-0.1, -0.05) is 30.3 Å². The molecule has 3 aromatic rings. The quantitative estimate of drug-likeness (QED) is 0.776. The van der Waals surface area contributed by atoms with E-state index < -0.39 is 0 Å². The monoisotopic (exact) mass is 249 g/mol. The highest BCUT2D eigenvalue weighted by Gasteiger charge is 2.11. The Labute approximate surface area is 112 Å². The van der Waals surface area contributed by atoms with Crippen molar-refractivity contribution in [2.24, 2.45) is 5.73 Å². The average Bonchev–Trinajstić information content (AvgIpc) is 2.47. The zero-order chi connectivity index (χ0) is 13.1. The first kappa shape index (κ1) is 11.8. The molecule has 1 atom stereocenters. The molecule has 0 aliphatic carbocycles. The van der Waals surface area contributed by atoms with E-state index in [1.54, 1.807) is 12.4 Å². The molecule has 0 aliphatic rings. The molecule has 0 radical (unpaired) electrons. The first-order valence-corrected chi connectivity index (χ1v) is 6.34. The molecule has 3 rings (SSSR count). The molecule has 2 aromatic heterocycles. The lowest BCUT2D eigenvalue weighted by Crippen LogP contribution is -2.14. The standard InChI is InChI=1S/C16H15N3/c17-15(11-13-7-1-2-9-18-13)14-8-3-5-12-6-4-10-19-16(12)14/h1-10,15H,11,17H2. The molecule has 19 heavy (non-hydrogen) atoms. The Bertz CT molecular complexity index is 674. The van der Waals surface area contributed by atoms with Crippen LogP contribution in [0.3, 0.4) is 0 Å². The van der Waals surface area contributed by atoms with Crippen LogP contribution in [0.4, 0.5) is 0 Å². The number of benzene rings is 1. The van der Waals surface area contributed by atoms with Gasteiger partial charge in [0.15, 0.2) is 0 Å². The van der Waals surface area contributed by atoms with Crippen LogP contribution < -0.4 is 5.73 Å². The van der Waals surface area contributed by atoms with E-state index in [1.807, 2.05) is 36.4 Å². The van der Waals surface area contributed by atoms with Gasteiger partial charge in [0.1, 0.15) is 0 Å². The first-order chi connectivity index (χ1) is 9.34. The Morgan fingerprint density at radius 3 is 2.58 bits per heavy atom. The summed E-state index contributed by atoms with van der Waals surface area (Å²) in [4.78, 5) is 8.77. The lowest BCUT2D eigenvalue weighted by molar-refractivity contribution is 0.711. The second-order valence-corrected chi connectivity index (χ2v) is 4.55. The third kappa shape index (κ3) is 2.46. The number of nitrogens with two attached hydrogens (primary N) is 1. The molecule has 0 aliphatic heterocycles. The maximum Gasteiger partial charge on any atom is 0.0749 e. The van der Waals surface area contributed by atoms with E-state index in [9.17, 15) is 0 Å². The minimum absolute atomic E-state index is 0.0894. The van der Waals surface area contributed by atoms with Crippen LogP contribution in [0.25, 0.3) is 10.9 Å². The molecule has 0 amide bonds. The number of hydrogen-bond donors (Lipinski definition) is 1. The van der Waals surface area contributed by atoms with Crippen molar-refractivity contribution in [2.45, 2.75) is 12.5 Å². The Morgan fingerprint density at radius 1 is 0.895 bits per heavy atom. The summed E-state index contributed by atoms with van der Waals surface area (Å²) in [7, 11) is 0. The number of fused-ring (bicyclic) bond motifs is 1. The molecule has 0 spiro atoms. The van der Waals surface area contributed by atoms with Crippen molar-refractivity contribution in [3.8, 4) is 0 Å². The van der Waals surface area contributed by atoms with Crippen molar-refractivity contribution < 1.29 is 0 Å². The fourth-order valence-electron chi connectivity index (χ4n) is 2.28. The molecule has 0 fully saturated rings. The second-order valence-electron chi connectivity index (χ2n) is 4.55. The molecule has 2 N–H and O–H groups in total. The number of pyridine rings is 2. The SMILES string of the molecule is NC(Cc1ccccn1)c1cccc2cccnc12. The summed E-state index contributed by atoms with van der Waals surface area (Å²) >= 11 is 0. The number of aromatic nitrogens is 2. The summed E-state index contributed by atoms with van der Waals surface area (Å²) in [5.74, 6) is 0. The van der Waals surface area contributed by atoms with Gasteiger partial charge in [-0.05, 0) is 23.8 Å². The summed E-state index contributed by atoms with van der Waals surface area (Å²) in [5, 5.41) is 1.12. The highest BCUT2D eigenvalue weighted by Crippen LogP contribution is 2.22. The highest BCUT2D eigenvalue weighted by atomic mass is 14.7. The van der Waals surface area contributed by atoms with Gasteiger partial charge < -0.3 is 5.73 Å². The van der Waals surface area contributed by atoms with Gasteiger partial charge in [-0.25, -0.2) is 0 Å². The minimum atomic E-state index is -0.0894. The fraction of sp³-hybridized carbons (Fsp3) is 0.125. The van der Waals surface area contributed by atoms with Gasteiger partial charge in [0.2, 0.25) is 0 Å². The van der Waals surface area contributed by atoms with Crippen molar-refractivity contribution in [1.29, 1.82) is 0 Å². The molecular formula is C16H15N3. The van der Waals surface area contributed by atoms with Crippen LogP contribution in [-0.4, -0.2) is 9.97 Å². The van der Waals surface area contributed by atoms with Crippen molar-refractivity contribution in [3.05, 3.63) is 72.2 Å². The van der Waals surface area contributed by atoms with Crippen molar-refractivity contribution in [1.82, 2.24) is 9.97 Å². The molecule has 1 aromatic carbocycles. The smallest absolute Gasteiger partial charge is 0.0749 e. The molecule has 1 unspecified atom stereocenters. The minimum Gasteiger partial charge on any atom is -0.324 e. The van der Waals surface area contributed by atoms with E-state index >= 15 is 0 Å². The van der Waals surface area contributed by atoms with Crippen LogP contribution >= 0.6 is 0 Å². The molecule has 0 bridgehead atoms. The van der Waals surface area contributed by atoms with E-state index in [0.29, 0.717) is 0 Å². The molecule has 2 heterocycles. The zero-order valence-electron chi connectivity index (χ0n) is 10.5. The van der Waals surface area contributed by atoms with Crippen molar-refractivity contribution in [2.75, 3.05) is 0 Å². The van der Waals surface area contributed by atoms with Crippen LogP contribution in [0.1, 0.15) is 17.3 Å². The molecular weight excluding hydrogens is 234 g/mol. The fourth-order valence-corrected chi connectivity index (χ4v) is 2.28. The lowest BCUT2D eigenvalue weighted by atomic mass is 9.99. The third-order valence-corrected chi connectivity index (χ3v) is 3.22. The summed E-state index contributed by atoms with van der Waals surface area (Å²) in [6.07, 6.45) is 4.32. The Kier molecular flexibility index (Phi) is 3.21. The van der Waals surface area contributed by atoms with Gasteiger partial charge in [-0.2, -0.15) is 0 Å². The predicted molar refractivity (Wildman–Crippen MR) is 76.6 cm³/mol. The lowest BCUT2D eigenvalue weighted by Gasteiger charge is -2.13. The van der Waals surface area contributed by atoms with Crippen LogP contribution in [-0.2, 0) is 6.42 Å². The molecule has 3 heteroatoms. The van der Waals surface area contributed by atoms with Crippen LogP contribution in [0, 0.1) is 0 Å². The van der Waals surface area contributed by atoms with Gasteiger partial charge >= 0.3 is 0 Å². The summed E-state index contributed by atoms with van der Waals surface area (Å²) in [6, 6.07) is 15.9. The Morgan fingerprint density at radius 2 is 1.74 bits per heavy atom. The van der Waals surface area contributed by atoms with Crippen LogP contribution in [0.5, 0.6) is 0 Å². The molecule has 3 nitrogen and oxygen atoms in total. The molecule has 0 saturated heterocycles. The third-order valence-electron chi connectivity index (χ3n) is 3.22. The molecule has 94 valence electrons. The van der Waals surface area contributed by atoms with Crippen molar-refractivity contribution in [3.63, 3.8) is 0 Å². The predicted octanol–water partition coefficient (Wildman–Crippen LogP) is 2.87. The Hall–Kier alpha value is -2.26. The number of nitrogens with zero attached hydrogens (tertiary/aromatic N) is 2. The van der Waals surface area contributed by atoms with E-state index in [2.05, 4.69) is 22.1 Å². The van der Waals surface area contributed by atoms with Gasteiger partial charge in [-0.15, -0.1) is 0 Å². The number of hydrogen-bond acceptors (Lipinski definition) is 3. The first-order valence-electron chi connectivity index (χ1n) is 6.34. The summed E-state index contributed by atoms with van der Waals surface area (Å²) in [5.41, 5.74) is 9.37. The Balaban J connectivity index is 1.96. The van der Waals surface area contributed by atoms with Gasteiger partial charge in [0, 0.05) is 35.9 Å². The van der Waals surface area contributed by atoms with E-state index in [4.69, 9.17) is 5.73 Å². The van der Waals surface area contributed by atoms with Crippen LogP contribution in [0.15, 0.2) is 60.9 Å². The van der Waals surface area contributed by atoms with E-state index in [1.165, 1.54) is 0 Å². The van der Waals surface area contributed by atoms with Gasteiger partial charge in [0.25, 0.3) is 0 Å². The maximum atomic E-state index is 6.31. The highest BCUT2D eigenvalue weighted by molar-refractivity contribution is 5.82. The number of para-hydroxylation sites is 1. The maximum absolute atomic E-state index is 6.31. The normalized spacial score (nSPS) is 12.5. The average molecular weight is 249 g/mol.